The predicted molar refractivity (Wildman–Crippen MR) is 274 cm³/mol. The Morgan fingerprint density at radius 3 is 1.35 bits per heavy atom. The Hall–Kier alpha value is -8.06. The molecule has 3 heterocycles. The van der Waals surface area contributed by atoms with Gasteiger partial charge in [0.15, 0.2) is 5.82 Å². The summed E-state index contributed by atoms with van der Waals surface area (Å²) in [5, 5.41) is 0. The van der Waals surface area contributed by atoms with Crippen molar-refractivity contribution >= 4 is 61.4 Å². The molecule has 2 aliphatic rings. The standard InChI is InChI=1S/C60H42BrN5/c61-54-40-44(59-62-38-15-39-63-59)28-29-45(54)41-64-55-24-11-7-20-50(55)60(51-21-8-12-25-56(51)64)52-22-9-13-26-57(52)66(58-27-14-10-23-53(58)60)49-36-32-43(33-37-49)42-30-34-48(35-31-42)65(46-16-3-1-4-17-46)47-18-5-2-6-19-47/h1-40H,41H2. The van der Waals surface area contributed by atoms with Crippen LogP contribution in [-0.4, -0.2) is 9.97 Å². The van der Waals surface area contributed by atoms with Crippen molar-refractivity contribution in [2.45, 2.75) is 12.0 Å². The summed E-state index contributed by atoms with van der Waals surface area (Å²) >= 11 is 3.94. The molecule has 2 aliphatic heterocycles. The fourth-order valence-electron chi connectivity index (χ4n) is 10.2. The monoisotopic (exact) mass is 911 g/mol. The van der Waals surface area contributed by atoms with Gasteiger partial charge in [0.25, 0.3) is 0 Å². The lowest BCUT2D eigenvalue weighted by Crippen LogP contribution is -2.42. The van der Waals surface area contributed by atoms with E-state index >= 15 is 0 Å². The number of hydrogen-bond acceptors (Lipinski definition) is 5. The molecule has 10 aromatic rings. The molecule has 0 amide bonds. The number of aromatic nitrogens is 2. The minimum absolute atomic E-state index is 0.589. The maximum absolute atomic E-state index is 4.50. The summed E-state index contributed by atoms with van der Waals surface area (Å²) in [7, 11) is 0. The zero-order chi connectivity index (χ0) is 44.0. The molecule has 5 nitrogen and oxygen atoms in total. The van der Waals surface area contributed by atoms with Gasteiger partial charge in [-0.15, -0.1) is 0 Å². The Morgan fingerprint density at radius 1 is 0.409 bits per heavy atom. The molecular formula is C60H42BrN5. The highest BCUT2D eigenvalue weighted by molar-refractivity contribution is 9.10. The minimum atomic E-state index is -0.589. The zero-order valence-corrected chi connectivity index (χ0v) is 37.5. The summed E-state index contributed by atoms with van der Waals surface area (Å²) in [5.41, 5.74) is 18.0. The van der Waals surface area contributed by atoms with Crippen LogP contribution in [0.2, 0.25) is 0 Å². The molecule has 12 rings (SSSR count). The Morgan fingerprint density at radius 2 is 0.833 bits per heavy atom. The average Bonchev–Trinajstić information content (AvgIpc) is 3.39. The molecule has 0 unspecified atom stereocenters. The third kappa shape index (κ3) is 6.52. The van der Waals surface area contributed by atoms with Crippen LogP contribution in [0.15, 0.2) is 247 Å². The molecule has 9 aromatic carbocycles. The molecule has 0 fully saturated rings. The summed E-state index contributed by atoms with van der Waals surface area (Å²) in [6.45, 7) is 0.670. The number of halogens is 1. The molecule has 0 bridgehead atoms. The molecule has 0 atom stereocenters. The molecule has 314 valence electrons. The maximum atomic E-state index is 4.50. The van der Waals surface area contributed by atoms with Crippen LogP contribution in [0.4, 0.5) is 45.5 Å². The summed E-state index contributed by atoms with van der Waals surface area (Å²) < 4.78 is 1.02. The summed E-state index contributed by atoms with van der Waals surface area (Å²) in [6, 6.07) is 83.3. The Kier molecular flexibility index (Phi) is 9.88. The third-order valence-corrected chi connectivity index (χ3v) is 13.9. The van der Waals surface area contributed by atoms with E-state index in [1.807, 2.05) is 6.07 Å². The number of fused-ring (bicyclic) bond motifs is 8. The fraction of sp³-hybridized carbons (Fsp3) is 0.0333. The van der Waals surface area contributed by atoms with Gasteiger partial charge < -0.3 is 14.7 Å². The minimum Gasteiger partial charge on any atom is -0.336 e. The van der Waals surface area contributed by atoms with Crippen LogP contribution >= 0.6 is 15.9 Å². The molecule has 0 aliphatic carbocycles. The van der Waals surface area contributed by atoms with Crippen LogP contribution in [0.25, 0.3) is 22.5 Å². The lowest BCUT2D eigenvalue weighted by atomic mass is 9.60. The van der Waals surface area contributed by atoms with Crippen LogP contribution in [0.5, 0.6) is 0 Å². The molecule has 1 spiro atoms. The number of rotatable bonds is 8. The van der Waals surface area contributed by atoms with Gasteiger partial charge in [-0.05, 0) is 124 Å². The van der Waals surface area contributed by atoms with Gasteiger partial charge >= 0.3 is 0 Å². The van der Waals surface area contributed by atoms with E-state index in [2.05, 4.69) is 265 Å². The van der Waals surface area contributed by atoms with Gasteiger partial charge in [0.05, 0.1) is 16.8 Å². The molecule has 1 aromatic heterocycles. The van der Waals surface area contributed by atoms with Crippen molar-refractivity contribution in [1.29, 1.82) is 0 Å². The molecule has 66 heavy (non-hydrogen) atoms. The second kappa shape index (κ2) is 16.5. The van der Waals surface area contributed by atoms with E-state index in [1.54, 1.807) is 12.4 Å². The molecule has 0 saturated carbocycles. The predicted octanol–water partition coefficient (Wildman–Crippen LogP) is 15.9. The van der Waals surface area contributed by atoms with Crippen LogP contribution in [0, 0.1) is 0 Å². The van der Waals surface area contributed by atoms with Crippen molar-refractivity contribution in [2.24, 2.45) is 0 Å². The number of hydrogen-bond donors (Lipinski definition) is 0. The topological polar surface area (TPSA) is 35.5 Å². The Balaban J connectivity index is 0.930. The Bertz CT molecular complexity index is 3220. The van der Waals surface area contributed by atoms with E-state index < -0.39 is 5.41 Å². The van der Waals surface area contributed by atoms with Gasteiger partial charge in [-0.1, -0.05) is 162 Å². The normalized spacial score (nSPS) is 13.0. The van der Waals surface area contributed by atoms with E-state index in [0.717, 1.165) is 55.3 Å². The first-order chi connectivity index (χ1) is 32.7. The van der Waals surface area contributed by atoms with Gasteiger partial charge in [0.1, 0.15) is 0 Å². The SMILES string of the molecule is Brc1cc(-c2ncccn2)ccc1CN1c2ccccc2C2(c3ccccc31)c1ccccc1N(c1ccc(-c3ccc(N(c4ccccc4)c4ccccc4)cc3)cc1)c1ccccc12. The molecule has 6 heteroatoms. The van der Waals surface area contributed by atoms with Crippen molar-refractivity contribution in [1.82, 2.24) is 9.97 Å². The molecule has 0 radical (unpaired) electrons. The number of nitrogens with zero attached hydrogens (tertiary/aromatic N) is 5. The first kappa shape index (κ1) is 39.5. The van der Waals surface area contributed by atoms with Gasteiger partial charge in [-0.3, -0.25) is 0 Å². The van der Waals surface area contributed by atoms with Gasteiger partial charge in [-0.25, -0.2) is 9.97 Å². The summed E-state index contributed by atoms with van der Waals surface area (Å²) in [5.74, 6) is 0.709. The number of para-hydroxylation sites is 6. The van der Waals surface area contributed by atoms with Gasteiger partial charge in [-0.2, -0.15) is 0 Å². The smallest absolute Gasteiger partial charge is 0.159 e. The van der Waals surface area contributed by atoms with Crippen LogP contribution in [-0.2, 0) is 12.0 Å². The first-order valence-electron chi connectivity index (χ1n) is 22.3. The highest BCUT2D eigenvalue weighted by Crippen LogP contribution is 2.63. The average molecular weight is 913 g/mol. The van der Waals surface area contributed by atoms with E-state index in [0.29, 0.717) is 12.4 Å². The van der Waals surface area contributed by atoms with Crippen molar-refractivity contribution < 1.29 is 0 Å². The van der Waals surface area contributed by atoms with Crippen LogP contribution in [0.3, 0.4) is 0 Å². The third-order valence-electron chi connectivity index (χ3n) is 13.1. The molecule has 0 N–H and O–H groups in total. The highest BCUT2D eigenvalue weighted by atomic mass is 79.9. The van der Waals surface area contributed by atoms with Gasteiger partial charge in [0, 0.05) is 63.1 Å². The van der Waals surface area contributed by atoms with E-state index in [-0.39, 0.29) is 0 Å². The quantitative estimate of drug-likeness (QED) is 0.152. The maximum Gasteiger partial charge on any atom is 0.159 e. The second-order valence-corrected chi connectivity index (χ2v) is 17.6. The lowest BCUT2D eigenvalue weighted by Gasteiger charge is -2.51. The first-order valence-corrected chi connectivity index (χ1v) is 23.1. The zero-order valence-electron chi connectivity index (χ0n) is 35.9. The van der Waals surface area contributed by atoms with Gasteiger partial charge in [0.2, 0.25) is 0 Å². The highest BCUT2D eigenvalue weighted by Gasteiger charge is 2.51. The van der Waals surface area contributed by atoms with E-state index in [1.165, 1.54) is 39.2 Å². The Labute approximate surface area is 393 Å². The summed E-state index contributed by atoms with van der Waals surface area (Å²) in [4.78, 5) is 16.2. The number of benzene rings is 9. The largest absolute Gasteiger partial charge is 0.336 e. The van der Waals surface area contributed by atoms with Crippen molar-refractivity contribution in [2.75, 3.05) is 14.7 Å². The molecule has 0 saturated heterocycles. The number of anilines is 8. The fourth-order valence-corrected chi connectivity index (χ4v) is 10.7. The van der Waals surface area contributed by atoms with Crippen molar-refractivity contribution in [3.63, 3.8) is 0 Å². The van der Waals surface area contributed by atoms with Crippen molar-refractivity contribution in [3.8, 4) is 22.5 Å². The summed E-state index contributed by atoms with van der Waals surface area (Å²) in [6.07, 6.45) is 3.57. The van der Waals surface area contributed by atoms with E-state index in [4.69, 9.17) is 0 Å². The van der Waals surface area contributed by atoms with Crippen LogP contribution < -0.4 is 14.7 Å². The van der Waals surface area contributed by atoms with E-state index in [9.17, 15) is 0 Å². The van der Waals surface area contributed by atoms with Crippen molar-refractivity contribution in [3.05, 3.63) is 275 Å². The second-order valence-electron chi connectivity index (χ2n) is 16.7. The lowest BCUT2D eigenvalue weighted by molar-refractivity contribution is 0.705. The molecular weight excluding hydrogens is 871 g/mol. The van der Waals surface area contributed by atoms with Crippen LogP contribution in [0.1, 0.15) is 27.8 Å².